The van der Waals surface area contributed by atoms with Crippen LogP contribution in [0.15, 0.2) is 75.8 Å². The molecule has 0 aliphatic heterocycles. The molecule has 0 spiro atoms. The number of benzene rings is 2. The first-order chi connectivity index (χ1) is 10.8. The SMILES string of the molecule is Brc1ccc(-c2nc3ccccc3n2Cc2ccccc2)o1. The summed E-state index contributed by atoms with van der Waals surface area (Å²) in [5.41, 5.74) is 3.31. The van der Waals surface area contributed by atoms with Crippen LogP contribution in [0.25, 0.3) is 22.6 Å². The van der Waals surface area contributed by atoms with Crippen LogP contribution >= 0.6 is 15.9 Å². The summed E-state index contributed by atoms with van der Waals surface area (Å²) >= 11 is 3.36. The molecule has 4 aromatic rings. The maximum atomic E-state index is 5.71. The zero-order valence-electron chi connectivity index (χ0n) is 11.7. The van der Waals surface area contributed by atoms with E-state index >= 15 is 0 Å². The number of aromatic nitrogens is 2. The highest BCUT2D eigenvalue weighted by Gasteiger charge is 2.15. The maximum absolute atomic E-state index is 5.71. The van der Waals surface area contributed by atoms with E-state index in [1.807, 2.05) is 36.4 Å². The van der Waals surface area contributed by atoms with Crippen LogP contribution in [0.2, 0.25) is 0 Å². The first-order valence-electron chi connectivity index (χ1n) is 7.06. The van der Waals surface area contributed by atoms with Crippen molar-refractivity contribution in [3.8, 4) is 11.6 Å². The Hall–Kier alpha value is -2.33. The van der Waals surface area contributed by atoms with Gasteiger partial charge in [0.25, 0.3) is 0 Å². The molecule has 0 aliphatic rings. The Morgan fingerprint density at radius 2 is 1.68 bits per heavy atom. The van der Waals surface area contributed by atoms with Crippen molar-refractivity contribution < 1.29 is 4.42 Å². The Balaban J connectivity index is 1.90. The van der Waals surface area contributed by atoms with Crippen LogP contribution in [0.3, 0.4) is 0 Å². The molecular weight excluding hydrogens is 340 g/mol. The molecule has 0 amide bonds. The van der Waals surface area contributed by atoms with Gasteiger partial charge in [-0.2, -0.15) is 0 Å². The minimum absolute atomic E-state index is 0.709. The third-order valence-corrected chi connectivity index (χ3v) is 4.06. The van der Waals surface area contributed by atoms with Crippen LogP contribution < -0.4 is 0 Å². The van der Waals surface area contributed by atoms with Gasteiger partial charge in [-0.25, -0.2) is 4.98 Å². The van der Waals surface area contributed by atoms with Gasteiger partial charge in [0.05, 0.1) is 11.0 Å². The molecule has 108 valence electrons. The lowest BCUT2D eigenvalue weighted by Gasteiger charge is -2.08. The Bertz CT molecular complexity index is 925. The monoisotopic (exact) mass is 352 g/mol. The number of nitrogens with zero attached hydrogens (tertiary/aromatic N) is 2. The van der Waals surface area contributed by atoms with Crippen LogP contribution in [-0.2, 0) is 6.54 Å². The highest BCUT2D eigenvalue weighted by molar-refractivity contribution is 9.10. The van der Waals surface area contributed by atoms with Gasteiger partial charge in [0, 0.05) is 6.54 Å². The Morgan fingerprint density at radius 3 is 2.45 bits per heavy atom. The van der Waals surface area contributed by atoms with Gasteiger partial charge in [-0.05, 0) is 45.8 Å². The number of hydrogen-bond acceptors (Lipinski definition) is 2. The standard InChI is InChI=1S/C18H13BrN2O/c19-17-11-10-16(22-17)18-20-14-8-4-5-9-15(14)21(18)12-13-6-2-1-3-7-13/h1-11H,12H2. The molecule has 0 bridgehead atoms. The smallest absolute Gasteiger partial charge is 0.177 e. The molecule has 4 rings (SSSR count). The fraction of sp³-hybridized carbons (Fsp3) is 0.0556. The van der Waals surface area contributed by atoms with Crippen LogP contribution in [0.5, 0.6) is 0 Å². The lowest BCUT2D eigenvalue weighted by Crippen LogP contribution is -2.01. The van der Waals surface area contributed by atoms with Crippen molar-refractivity contribution in [2.75, 3.05) is 0 Å². The summed E-state index contributed by atoms with van der Waals surface area (Å²) in [7, 11) is 0. The average Bonchev–Trinajstić information content (AvgIpc) is 3.13. The number of imidazole rings is 1. The topological polar surface area (TPSA) is 31.0 Å². The molecule has 0 saturated heterocycles. The summed E-state index contributed by atoms with van der Waals surface area (Å²) in [4.78, 5) is 4.74. The number of furan rings is 1. The third kappa shape index (κ3) is 2.35. The molecule has 2 heterocycles. The van der Waals surface area contributed by atoms with Crippen molar-refractivity contribution >= 4 is 27.0 Å². The Morgan fingerprint density at radius 1 is 0.909 bits per heavy atom. The molecule has 0 N–H and O–H groups in total. The van der Waals surface area contributed by atoms with E-state index in [1.54, 1.807) is 0 Å². The van der Waals surface area contributed by atoms with Crippen LogP contribution in [0.4, 0.5) is 0 Å². The Kier molecular flexibility index (Phi) is 3.31. The number of halogens is 1. The fourth-order valence-electron chi connectivity index (χ4n) is 2.62. The quantitative estimate of drug-likeness (QED) is 0.513. The van der Waals surface area contributed by atoms with Crippen molar-refractivity contribution in [3.63, 3.8) is 0 Å². The van der Waals surface area contributed by atoms with Gasteiger partial charge < -0.3 is 8.98 Å². The zero-order valence-corrected chi connectivity index (χ0v) is 13.3. The van der Waals surface area contributed by atoms with Gasteiger partial charge in [0.15, 0.2) is 16.3 Å². The summed E-state index contributed by atoms with van der Waals surface area (Å²) < 4.78 is 8.61. The molecule has 4 heteroatoms. The molecule has 0 radical (unpaired) electrons. The van der Waals surface area contributed by atoms with Crippen molar-refractivity contribution in [2.45, 2.75) is 6.54 Å². The lowest BCUT2D eigenvalue weighted by molar-refractivity contribution is 0.547. The number of hydrogen-bond donors (Lipinski definition) is 0. The van der Waals surface area contributed by atoms with E-state index in [0.717, 1.165) is 29.2 Å². The van der Waals surface area contributed by atoms with Gasteiger partial charge in [-0.3, -0.25) is 0 Å². The van der Waals surface area contributed by atoms with E-state index in [1.165, 1.54) is 5.56 Å². The summed E-state index contributed by atoms with van der Waals surface area (Å²) in [6, 6.07) is 22.4. The van der Waals surface area contributed by atoms with Crippen LogP contribution in [-0.4, -0.2) is 9.55 Å². The summed E-state index contributed by atoms with van der Waals surface area (Å²) in [6.07, 6.45) is 0. The number of fused-ring (bicyclic) bond motifs is 1. The lowest BCUT2D eigenvalue weighted by atomic mass is 10.2. The second-order valence-electron chi connectivity index (χ2n) is 5.10. The molecule has 0 saturated carbocycles. The second-order valence-corrected chi connectivity index (χ2v) is 5.88. The minimum atomic E-state index is 0.709. The van der Waals surface area contributed by atoms with E-state index in [4.69, 9.17) is 9.40 Å². The molecule has 0 fully saturated rings. The molecule has 22 heavy (non-hydrogen) atoms. The van der Waals surface area contributed by atoms with E-state index in [0.29, 0.717) is 4.67 Å². The first-order valence-corrected chi connectivity index (χ1v) is 7.85. The van der Waals surface area contributed by atoms with Gasteiger partial charge in [0.1, 0.15) is 0 Å². The van der Waals surface area contributed by atoms with E-state index in [-0.39, 0.29) is 0 Å². The number of rotatable bonds is 3. The average molecular weight is 353 g/mol. The van der Waals surface area contributed by atoms with Gasteiger partial charge in [0.2, 0.25) is 0 Å². The predicted octanol–water partition coefficient (Wildman–Crippen LogP) is 5.11. The van der Waals surface area contributed by atoms with Crippen LogP contribution in [0, 0.1) is 0 Å². The molecule has 0 aliphatic carbocycles. The third-order valence-electron chi connectivity index (χ3n) is 3.63. The predicted molar refractivity (Wildman–Crippen MR) is 90.7 cm³/mol. The van der Waals surface area contributed by atoms with E-state index < -0.39 is 0 Å². The highest BCUT2D eigenvalue weighted by atomic mass is 79.9. The second kappa shape index (κ2) is 5.46. The van der Waals surface area contributed by atoms with Crippen LogP contribution in [0.1, 0.15) is 5.56 Å². The van der Waals surface area contributed by atoms with Crippen molar-refractivity contribution in [3.05, 3.63) is 77.0 Å². The molecule has 0 unspecified atom stereocenters. The summed E-state index contributed by atoms with van der Waals surface area (Å²) in [5, 5.41) is 0. The molecular formula is C18H13BrN2O. The van der Waals surface area contributed by atoms with E-state index in [9.17, 15) is 0 Å². The normalized spacial score (nSPS) is 11.1. The highest BCUT2D eigenvalue weighted by Crippen LogP contribution is 2.28. The molecule has 2 aromatic heterocycles. The number of para-hydroxylation sites is 2. The van der Waals surface area contributed by atoms with Crippen molar-refractivity contribution in [1.29, 1.82) is 0 Å². The van der Waals surface area contributed by atoms with Gasteiger partial charge in [-0.15, -0.1) is 0 Å². The summed E-state index contributed by atoms with van der Waals surface area (Å²) in [6.45, 7) is 0.759. The zero-order chi connectivity index (χ0) is 14.9. The Labute approximate surface area is 136 Å². The molecule has 0 atom stereocenters. The maximum Gasteiger partial charge on any atom is 0.177 e. The molecule has 2 aromatic carbocycles. The van der Waals surface area contributed by atoms with Gasteiger partial charge in [-0.1, -0.05) is 42.5 Å². The van der Waals surface area contributed by atoms with E-state index in [2.05, 4.69) is 50.8 Å². The fourth-order valence-corrected chi connectivity index (χ4v) is 2.93. The first kappa shape index (κ1) is 13.3. The largest absolute Gasteiger partial charge is 0.446 e. The summed E-state index contributed by atoms with van der Waals surface area (Å²) in [5.74, 6) is 1.61. The molecule has 3 nitrogen and oxygen atoms in total. The van der Waals surface area contributed by atoms with Crippen molar-refractivity contribution in [1.82, 2.24) is 9.55 Å². The van der Waals surface area contributed by atoms with Gasteiger partial charge >= 0.3 is 0 Å². The van der Waals surface area contributed by atoms with Crippen molar-refractivity contribution in [2.24, 2.45) is 0 Å². The minimum Gasteiger partial charge on any atom is -0.446 e.